The third-order valence-electron chi connectivity index (χ3n) is 6.75. The lowest BCUT2D eigenvalue weighted by Crippen LogP contribution is -2.43. The number of hydrogen-bond acceptors (Lipinski definition) is 6. The van der Waals surface area contributed by atoms with E-state index in [0.717, 1.165) is 54.0 Å². The minimum atomic E-state index is -0.0537. The van der Waals surface area contributed by atoms with Crippen LogP contribution in [0.2, 0.25) is 0 Å². The Morgan fingerprint density at radius 3 is 2.59 bits per heavy atom. The van der Waals surface area contributed by atoms with Gasteiger partial charge in [0.15, 0.2) is 0 Å². The summed E-state index contributed by atoms with van der Waals surface area (Å²) in [5, 5.41) is 10.6. The highest BCUT2D eigenvalue weighted by Crippen LogP contribution is 2.36. The molecule has 1 aromatic carbocycles. The van der Waals surface area contributed by atoms with Crippen molar-refractivity contribution in [2.75, 3.05) is 19.6 Å². The molecule has 1 unspecified atom stereocenters. The van der Waals surface area contributed by atoms with Crippen LogP contribution in [0, 0.1) is 0 Å². The second kappa shape index (κ2) is 8.98. The molecule has 1 amide bonds. The minimum Gasteiger partial charge on any atom is -0.306 e. The molecule has 2 aliphatic rings. The molecule has 3 aromatic heterocycles. The monoisotopic (exact) mass is 491 g/mol. The number of carbonyl (C=O) groups excluding carboxylic acids is 1. The highest BCUT2D eigenvalue weighted by molar-refractivity contribution is 7.12. The quantitative estimate of drug-likeness (QED) is 0.448. The number of hydrogen-bond donors (Lipinski definition) is 1. The summed E-state index contributed by atoms with van der Waals surface area (Å²) in [5.74, 6) is 0.0349. The van der Waals surface area contributed by atoms with Crippen LogP contribution in [0.25, 0.3) is 11.0 Å². The Morgan fingerprint density at radius 1 is 1.03 bits per heavy atom. The number of benzene rings is 1. The molecule has 0 bridgehead atoms. The lowest BCUT2D eigenvalue weighted by Gasteiger charge is -2.33. The van der Waals surface area contributed by atoms with Crippen molar-refractivity contribution >= 4 is 45.3 Å². The van der Waals surface area contributed by atoms with Gasteiger partial charge in [-0.05, 0) is 47.9 Å². The van der Waals surface area contributed by atoms with Gasteiger partial charge in [-0.2, -0.15) is 5.10 Å². The molecule has 9 heteroatoms. The first-order valence-corrected chi connectivity index (χ1v) is 13.3. The van der Waals surface area contributed by atoms with Crippen LogP contribution >= 0.6 is 22.7 Å². The van der Waals surface area contributed by atoms with E-state index in [1.54, 1.807) is 27.7 Å². The van der Waals surface area contributed by atoms with Crippen LogP contribution in [0.1, 0.15) is 41.1 Å². The van der Waals surface area contributed by atoms with Gasteiger partial charge >= 0.3 is 5.69 Å². The van der Waals surface area contributed by atoms with Crippen molar-refractivity contribution < 1.29 is 4.79 Å². The Labute approximate surface area is 204 Å². The number of para-hydroxylation sites is 2. The van der Waals surface area contributed by atoms with Crippen LogP contribution in [0.4, 0.5) is 0 Å². The Kier molecular flexibility index (Phi) is 5.68. The number of nitrogens with zero attached hydrogens (tertiary/aromatic N) is 4. The molecular weight excluding hydrogens is 466 g/mol. The topological polar surface area (TPSA) is 73.7 Å². The fourth-order valence-corrected chi connectivity index (χ4v) is 6.60. The van der Waals surface area contributed by atoms with Gasteiger partial charge in [-0.3, -0.25) is 14.3 Å². The fourth-order valence-electron chi connectivity index (χ4n) is 5.07. The Balaban J connectivity index is 1.15. The molecule has 7 nitrogen and oxygen atoms in total. The van der Waals surface area contributed by atoms with Gasteiger partial charge in [-0.25, -0.2) is 9.80 Å². The van der Waals surface area contributed by atoms with Crippen molar-refractivity contribution in [2.45, 2.75) is 31.3 Å². The van der Waals surface area contributed by atoms with Crippen LogP contribution in [0.5, 0.6) is 0 Å². The van der Waals surface area contributed by atoms with E-state index in [1.807, 2.05) is 46.3 Å². The summed E-state index contributed by atoms with van der Waals surface area (Å²) in [4.78, 5) is 33.4. The van der Waals surface area contributed by atoms with E-state index in [1.165, 1.54) is 4.88 Å². The molecule has 1 atom stereocenters. The summed E-state index contributed by atoms with van der Waals surface area (Å²) in [5.41, 5.74) is 2.76. The zero-order chi connectivity index (χ0) is 23.1. The Bertz CT molecular complexity index is 1380. The maximum atomic E-state index is 13.4. The van der Waals surface area contributed by atoms with Crippen molar-refractivity contribution in [1.29, 1.82) is 0 Å². The molecule has 1 saturated heterocycles. The van der Waals surface area contributed by atoms with Crippen LogP contribution < -0.4 is 5.69 Å². The number of amides is 1. The molecule has 0 aliphatic carbocycles. The van der Waals surface area contributed by atoms with Gasteiger partial charge in [-0.1, -0.05) is 24.3 Å². The van der Waals surface area contributed by atoms with Crippen LogP contribution in [0.3, 0.4) is 0 Å². The first-order valence-electron chi connectivity index (χ1n) is 11.6. The third kappa shape index (κ3) is 3.93. The number of carbonyl (C=O) groups is 1. The van der Waals surface area contributed by atoms with Crippen molar-refractivity contribution in [3.8, 4) is 0 Å². The molecule has 5 heterocycles. The number of aromatic amines is 1. The molecular formula is C25H25N5O2S2. The summed E-state index contributed by atoms with van der Waals surface area (Å²) in [6.45, 7) is 1.90. The van der Waals surface area contributed by atoms with E-state index in [2.05, 4.69) is 27.4 Å². The van der Waals surface area contributed by atoms with Gasteiger partial charge < -0.3 is 4.98 Å². The lowest BCUT2D eigenvalue weighted by molar-refractivity contribution is -0.134. The van der Waals surface area contributed by atoms with Crippen molar-refractivity contribution in [2.24, 2.45) is 5.10 Å². The zero-order valence-corrected chi connectivity index (χ0v) is 20.2. The number of thiophene rings is 2. The van der Waals surface area contributed by atoms with Gasteiger partial charge in [0.25, 0.3) is 5.91 Å². The number of likely N-dealkylation sites (tertiary alicyclic amines) is 1. The van der Waals surface area contributed by atoms with Gasteiger partial charge in [0.1, 0.15) is 0 Å². The number of nitrogens with one attached hydrogen (secondary N) is 1. The van der Waals surface area contributed by atoms with Gasteiger partial charge in [-0.15, -0.1) is 22.7 Å². The molecule has 2 aliphatic heterocycles. The summed E-state index contributed by atoms with van der Waals surface area (Å²) in [6.07, 6.45) is 2.43. The Morgan fingerprint density at radius 2 is 1.82 bits per heavy atom. The molecule has 1 fully saturated rings. The first kappa shape index (κ1) is 21.5. The predicted molar refractivity (Wildman–Crippen MR) is 137 cm³/mol. The van der Waals surface area contributed by atoms with Crippen LogP contribution in [0.15, 0.2) is 69.2 Å². The van der Waals surface area contributed by atoms with E-state index >= 15 is 0 Å². The molecule has 0 saturated carbocycles. The van der Waals surface area contributed by atoms with Crippen molar-refractivity contribution in [3.05, 3.63) is 79.5 Å². The number of piperidine rings is 1. The summed E-state index contributed by atoms with van der Waals surface area (Å²) in [7, 11) is 0. The normalized spacial score (nSPS) is 19.7. The van der Waals surface area contributed by atoms with Crippen molar-refractivity contribution in [1.82, 2.24) is 19.5 Å². The second-order valence-corrected chi connectivity index (χ2v) is 10.7. The van der Waals surface area contributed by atoms with Crippen LogP contribution in [-0.2, 0) is 4.79 Å². The number of aromatic nitrogens is 2. The smallest absolute Gasteiger partial charge is 0.306 e. The molecule has 174 valence electrons. The second-order valence-electron chi connectivity index (χ2n) is 8.82. The maximum Gasteiger partial charge on any atom is 0.326 e. The first-order chi connectivity index (χ1) is 16.7. The number of H-pyrrole nitrogens is 1. The average Bonchev–Trinajstić information content (AvgIpc) is 3.65. The summed E-state index contributed by atoms with van der Waals surface area (Å²) < 4.78 is 1.89. The van der Waals surface area contributed by atoms with Gasteiger partial charge in [0.05, 0.1) is 34.2 Å². The molecule has 4 aromatic rings. The summed E-state index contributed by atoms with van der Waals surface area (Å²) >= 11 is 3.34. The van der Waals surface area contributed by atoms with E-state index in [9.17, 15) is 9.59 Å². The van der Waals surface area contributed by atoms with Crippen molar-refractivity contribution in [3.63, 3.8) is 0 Å². The minimum absolute atomic E-state index is 0.0349. The largest absolute Gasteiger partial charge is 0.326 e. The molecule has 1 N–H and O–H groups in total. The van der Waals surface area contributed by atoms with Gasteiger partial charge in [0.2, 0.25) is 0 Å². The molecule has 6 rings (SSSR count). The van der Waals surface area contributed by atoms with Crippen LogP contribution in [-0.4, -0.2) is 50.7 Å². The lowest BCUT2D eigenvalue weighted by atomic mass is 10.0. The van der Waals surface area contributed by atoms with E-state index in [4.69, 9.17) is 5.10 Å². The fraction of sp³-hybridized carbons (Fsp3) is 0.320. The van der Waals surface area contributed by atoms with E-state index in [0.29, 0.717) is 6.54 Å². The number of rotatable bonds is 5. The summed E-state index contributed by atoms with van der Waals surface area (Å²) in [6, 6.07) is 16.1. The number of hydrazone groups is 1. The zero-order valence-electron chi connectivity index (χ0n) is 18.6. The SMILES string of the molecule is O=C(CN1CCC(n2c(=O)[nH]c3ccccc32)CC1)N1N=C(c2cccs2)CC1c1cccs1. The van der Waals surface area contributed by atoms with E-state index < -0.39 is 0 Å². The van der Waals surface area contributed by atoms with Gasteiger partial charge in [0, 0.05) is 30.4 Å². The van der Waals surface area contributed by atoms with E-state index in [-0.39, 0.29) is 23.7 Å². The number of imidazole rings is 1. The maximum absolute atomic E-state index is 13.4. The average molecular weight is 492 g/mol. The number of fused-ring (bicyclic) bond motifs is 1. The Hall–Kier alpha value is -3.01. The molecule has 0 spiro atoms. The highest BCUT2D eigenvalue weighted by atomic mass is 32.1. The highest BCUT2D eigenvalue weighted by Gasteiger charge is 2.35. The molecule has 0 radical (unpaired) electrons. The predicted octanol–water partition coefficient (Wildman–Crippen LogP) is 4.47. The molecule has 34 heavy (non-hydrogen) atoms. The standard InChI is InChI=1S/C25H25N5O2S2/c31-24(30-21(23-8-4-14-34-23)15-19(27-30)22-7-3-13-33-22)16-28-11-9-17(10-12-28)29-20-6-2-1-5-18(20)26-25(29)32/h1-8,13-14,17,21H,9-12,15-16H2,(H,26,32). The third-order valence-corrected chi connectivity index (χ3v) is 8.64.